The summed E-state index contributed by atoms with van der Waals surface area (Å²) in [6, 6.07) is 6.84. The van der Waals surface area contributed by atoms with Crippen molar-refractivity contribution in [3.05, 3.63) is 46.8 Å². The van der Waals surface area contributed by atoms with Gasteiger partial charge in [0.1, 0.15) is 5.75 Å². The van der Waals surface area contributed by atoms with Crippen molar-refractivity contribution in [2.24, 2.45) is 0 Å². The van der Waals surface area contributed by atoms with Crippen molar-refractivity contribution in [3.63, 3.8) is 0 Å². The molecule has 1 heterocycles. The van der Waals surface area contributed by atoms with Gasteiger partial charge in [0, 0.05) is 12.6 Å². The summed E-state index contributed by atoms with van der Waals surface area (Å²) < 4.78 is 10.6. The second kappa shape index (κ2) is 8.33. The highest BCUT2D eigenvalue weighted by Crippen LogP contribution is 2.24. The Hall–Kier alpha value is -3.09. The van der Waals surface area contributed by atoms with E-state index < -0.39 is 5.97 Å². The van der Waals surface area contributed by atoms with Gasteiger partial charge in [0.05, 0.1) is 23.6 Å². The summed E-state index contributed by atoms with van der Waals surface area (Å²) in [6.07, 6.45) is 0. The van der Waals surface area contributed by atoms with E-state index in [1.54, 1.807) is 45.0 Å². The number of aryl methyl sites for hydroxylation is 1. The molecule has 138 valence electrons. The highest BCUT2D eigenvalue weighted by Gasteiger charge is 2.23. The lowest BCUT2D eigenvalue weighted by molar-refractivity contribution is -0.114. The van der Waals surface area contributed by atoms with E-state index in [1.807, 2.05) is 0 Å². The van der Waals surface area contributed by atoms with Crippen LogP contribution in [0, 0.1) is 13.8 Å². The summed E-state index contributed by atoms with van der Waals surface area (Å²) in [7, 11) is 0. The molecule has 0 unspecified atom stereocenters. The van der Waals surface area contributed by atoms with Gasteiger partial charge in [-0.05, 0) is 38.5 Å². The van der Waals surface area contributed by atoms with Crippen molar-refractivity contribution in [1.29, 1.82) is 0 Å². The predicted octanol–water partition coefficient (Wildman–Crippen LogP) is 3.03. The number of amides is 1. The van der Waals surface area contributed by atoms with Gasteiger partial charge in [0.25, 0.3) is 0 Å². The number of ketones is 1. The first kappa shape index (κ1) is 19.2. The number of ether oxygens (including phenoxy) is 2. The zero-order valence-corrected chi connectivity index (χ0v) is 15.3. The van der Waals surface area contributed by atoms with Crippen LogP contribution in [0.5, 0.6) is 5.75 Å². The van der Waals surface area contributed by atoms with Gasteiger partial charge in [0.15, 0.2) is 6.61 Å². The Kier molecular flexibility index (Phi) is 6.16. The molecule has 0 saturated carbocycles. The number of benzene rings is 1. The second-order valence-electron chi connectivity index (χ2n) is 5.73. The van der Waals surface area contributed by atoms with E-state index in [1.165, 1.54) is 6.92 Å². The number of carbonyl (C=O) groups excluding carboxylic acids is 3. The van der Waals surface area contributed by atoms with Crippen LogP contribution < -0.4 is 10.1 Å². The third kappa shape index (κ3) is 4.30. The number of aromatic amines is 1. The molecule has 0 aliphatic heterocycles. The molecule has 1 aromatic carbocycles. The third-order valence-corrected chi connectivity index (χ3v) is 3.75. The van der Waals surface area contributed by atoms with Gasteiger partial charge in [-0.1, -0.05) is 12.1 Å². The Morgan fingerprint density at radius 1 is 1.15 bits per heavy atom. The zero-order chi connectivity index (χ0) is 19.3. The number of para-hydroxylation sites is 2. The van der Waals surface area contributed by atoms with Crippen LogP contribution in [0.2, 0.25) is 0 Å². The molecule has 2 rings (SSSR count). The number of Topliss-reactive ketones (excluding diaryl/α,β-unsaturated/α-hetero) is 1. The topological polar surface area (TPSA) is 97.5 Å². The summed E-state index contributed by atoms with van der Waals surface area (Å²) >= 11 is 0. The van der Waals surface area contributed by atoms with Gasteiger partial charge in [-0.15, -0.1) is 0 Å². The van der Waals surface area contributed by atoms with Gasteiger partial charge >= 0.3 is 5.97 Å². The Labute approximate surface area is 151 Å². The Morgan fingerprint density at radius 3 is 2.50 bits per heavy atom. The van der Waals surface area contributed by atoms with Crippen LogP contribution in [0.3, 0.4) is 0 Å². The quantitative estimate of drug-likeness (QED) is 0.586. The molecule has 1 amide bonds. The van der Waals surface area contributed by atoms with Crippen molar-refractivity contribution in [2.75, 3.05) is 18.5 Å². The summed E-state index contributed by atoms with van der Waals surface area (Å²) in [4.78, 5) is 38.7. The van der Waals surface area contributed by atoms with Crippen LogP contribution in [0.1, 0.15) is 46.0 Å². The SMILES string of the molecule is CCOC(=O)c1c(C)[nH]c(C(=O)COc2ccccc2NC(C)=O)c1C. The first-order valence-electron chi connectivity index (χ1n) is 8.24. The van der Waals surface area contributed by atoms with E-state index >= 15 is 0 Å². The molecule has 0 aliphatic carbocycles. The van der Waals surface area contributed by atoms with Crippen LogP contribution in [0.15, 0.2) is 24.3 Å². The average molecular weight is 358 g/mol. The molecule has 26 heavy (non-hydrogen) atoms. The lowest BCUT2D eigenvalue weighted by Gasteiger charge is -2.11. The van der Waals surface area contributed by atoms with E-state index in [2.05, 4.69) is 10.3 Å². The molecule has 0 fully saturated rings. The third-order valence-electron chi connectivity index (χ3n) is 3.75. The van der Waals surface area contributed by atoms with Gasteiger partial charge in [0.2, 0.25) is 11.7 Å². The Balaban J connectivity index is 2.16. The normalized spacial score (nSPS) is 10.3. The molecule has 0 radical (unpaired) electrons. The van der Waals surface area contributed by atoms with Crippen LogP contribution in [-0.2, 0) is 9.53 Å². The van der Waals surface area contributed by atoms with E-state index in [0.29, 0.717) is 34.0 Å². The molecule has 7 nitrogen and oxygen atoms in total. The predicted molar refractivity (Wildman–Crippen MR) is 96.8 cm³/mol. The maximum absolute atomic E-state index is 12.5. The highest BCUT2D eigenvalue weighted by molar-refractivity contribution is 6.02. The Bertz CT molecular complexity index is 838. The molecule has 0 aliphatic rings. The molecule has 0 saturated heterocycles. The van der Waals surface area contributed by atoms with Crippen molar-refractivity contribution >= 4 is 23.3 Å². The average Bonchev–Trinajstić information content (AvgIpc) is 2.88. The van der Waals surface area contributed by atoms with Crippen LogP contribution in [0.25, 0.3) is 0 Å². The maximum atomic E-state index is 12.5. The number of anilines is 1. The molecule has 2 N–H and O–H groups in total. The number of H-pyrrole nitrogens is 1. The van der Waals surface area contributed by atoms with E-state index in [4.69, 9.17) is 9.47 Å². The zero-order valence-electron chi connectivity index (χ0n) is 15.3. The second-order valence-corrected chi connectivity index (χ2v) is 5.73. The summed E-state index contributed by atoms with van der Waals surface area (Å²) in [5, 5.41) is 2.65. The van der Waals surface area contributed by atoms with Gasteiger partial charge in [-0.3, -0.25) is 9.59 Å². The van der Waals surface area contributed by atoms with Gasteiger partial charge < -0.3 is 19.8 Å². The molecular weight excluding hydrogens is 336 g/mol. The summed E-state index contributed by atoms with van der Waals surface area (Å²) in [6.45, 7) is 6.54. The number of aromatic nitrogens is 1. The highest BCUT2D eigenvalue weighted by atomic mass is 16.5. The van der Waals surface area contributed by atoms with Gasteiger partial charge in [-0.2, -0.15) is 0 Å². The minimum absolute atomic E-state index is 0.234. The minimum Gasteiger partial charge on any atom is -0.483 e. The molecule has 2 aromatic rings. The monoisotopic (exact) mass is 358 g/mol. The molecule has 7 heteroatoms. The van der Waals surface area contributed by atoms with E-state index in [0.717, 1.165) is 0 Å². The van der Waals surface area contributed by atoms with Gasteiger partial charge in [-0.25, -0.2) is 4.79 Å². The van der Waals surface area contributed by atoms with Crippen molar-refractivity contribution in [1.82, 2.24) is 4.98 Å². The molecular formula is C19H22N2O5. The molecule has 1 aromatic heterocycles. The van der Waals surface area contributed by atoms with Crippen molar-refractivity contribution in [2.45, 2.75) is 27.7 Å². The molecule has 0 bridgehead atoms. The number of esters is 1. The number of hydrogen-bond acceptors (Lipinski definition) is 5. The fourth-order valence-corrected chi connectivity index (χ4v) is 2.64. The fraction of sp³-hybridized carbons (Fsp3) is 0.316. The van der Waals surface area contributed by atoms with Crippen molar-refractivity contribution < 1.29 is 23.9 Å². The summed E-state index contributed by atoms with van der Waals surface area (Å²) in [5.41, 5.74) is 2.27. The maximum Gasteiger partial charge on any atom is 0.340 e. The van der Waals surface area contributed by atoms with Crippen LogP contribution >= 0.6 is 0 Å². The first-order chi connectivity index (χ1) is 12.3. The smallest absolute Gasteiger partial charge is 0.340 e. The fourth-order valence-electron chi connectivity index (χ4n) is 2.64. The number of rotatable bonds is 7. The number of carbonyl (C=O) groups is 3. The minimum atomic E-state index is -0.463. The number of nitrogens with one attached hydrogen (secondary N) is 2. The Morgan fingerprint density at radius 2 is 1.85 bits per heavy atom. The van der Waals surface area contributed by atoms with E-state index in [-0.39, 0.29) is 24.9 Å². The molecule has 0 spiro atoms. The lowest BCUT2D eigenvalue weighted by Crippen LogP contribution is -2.15. The van der Waals surface area contributed by atoms with E-state index in [9.17, 15) is 14.4 Å². The first-order valence-corrected chi connectivity index (χ1v) is 8.24. The molecule has 0 atom stereocenters. The van der Waals surface area contributed by atoms with Crippen LogP contribution in [0.4, 0.5) is 5.69 Å². The lowest BCUT2D eigenvalue weighted by atomic mass is 10.1. The van der Waals surface area contributed by atoms with Crippen molar-refractivity contribution in [3.8, 4) is 5.75 Å². The van der Waals surface area contributed by atoms with Crippen LogP contribution in [-0.4, -0.2) is 35.9 Å². The standard InChI is InChI=1S/C19H22N2O5/c1-5-25-19(24)17-11(2)18(20-12(17)3)15(23)10-26-16-9-7-6-8-14(16)21-13(4)22/h6-9,20H,5,10H2,1-4H3,(H,21,22). The number of hydrogen-bond donors (Lipinski definition) is 2. The largest absolute Gasteiger partial charge is 0.483 e. The summed E-state index contributed by atoms with van der Waals surface area (Å²) in [5.74, 6) is -0.613.